The molecule has 2 atom stereocenters. The van der Waals surface area contributed by atoms with Gasteiger partial charge < -0.3 is 5.11 Å². The maximum Gasteiger partial charge on any atom is 0.233 e. The second-order valence-electron chi connectivity index (χ2n) is 4.87. The fourth-order valence-electron chi connectivity index (χ4n) is 2.26. The van der Waals surface area contributed by atoms with Crippen molar-refractivity contribution < 1.29 is 13.5 Å². The van der Waals surface area contributed by atoms with Crippen molar-refractivity contribution in [2.45, 2.75) is 25.4 Å². The molecule has 104 valence electrons. The van der Waals surface area contributed by atoms with Crippen molar-refractivity contribution in [3.05, 3.63) is 41.3 Å². The lowest BCUT2D eigenvalue weighted by molar-refractivity contribution is 0.135. The maximum absolute atomic E-state index is 11.8. The lowest BCUT2D eigenvalue weighted by Crippen LogP contribution is -2.31. The topological polar surface area (TPSA) is 66.4 Å². The molecule has 0 saturated heterocycles. The predicted octanol–water partition coefficient (Wildman–Crippen LogP) is 1.74. The second kappa shape index (κ2) is 6.32. The Morgan fingerprint density at radius 1 is 1.26 bits per heavy atom. The molecule has 0 aromatic heterocycles. The molecule has 5 heteroatoms. The minimum Gasteiger partial charge on any atom is -0.393 e. The van der Waals surface area contributed by atoms with Gasteiger partial charge in [0.2, 0.25) is 10.0 Å². The Hall–Kier alpha value is -1.17. The number of aliphatic hydroxyl groups is 1. The molecular weight excluding hydrogens is 262 g/mol. The van der Waals surface area contributed by atoms with Crippen molar-refractivity contribution in [2.24, 2.45) is 5.92 Å². The summed E-state index contributed by atoms with van der Waals surface area (Å²) >= 11 is 0. The van der Waals surface area contributed by atoms with Gasteiger partial charge in [0.05, 0.1) is 6.10 Å². The van der Waals surface area contributed by atoms with Gasteiger partial charge in [0.1, 0.15) is 0 Å². The summed E-state index contributed by atoms with van der Waals surface area (Å²) in [4.78, 5) is 0. The summed E-state index contributed by atoms with van der Waals surface area (Å²) in [6, 6.07) is 9.27. The summed E-state index contributed by atoms with van der Waals surface area (Å²) < 4.78 is 26.1. The Morgan fingerprint density at radius 3 is 2.63 bits per heavy atom. The minimum absolute atomic E-state index is 0.0416. The van der Waals surface area contributed by atoms with E-state index in [2.05, 4.69) is 4.72 Å². The van der Waals surface area contributed by atoms with Crippen LogP contribution in [-0.4, -0.2) is 26.2 Å². The highest BCUT2D eigenvalue weighted by Gasteiger charge is 2.25. The summed E-state index contributed by atoms with van der Waals surface area (Å²) in [5.41, 5.74) is 0.841. The minimum atomic E-state index is -3.43. The molecule has 1 aliphatic carbocycles. The molecular formula is C14H19NO3S. The molecule has 0 bridgehead atoms. The van der Waals surface area contributed by atoms with Crippen molar-refractivity contribution in [1.29, 1.82) is 0 Å². The molecule has 0 heterocycles. The monoisotopic (exact) mass is 281 g/mol. The van der Waals surface area contributed by atoms with Crippen LogP contribution in [0, 0.1) is 5.92 Å². The number of hydrogen-bond donors (Lipinski definition) is 2. The average molecular weight is 281 g/mol. The zero-order chi connectivity index (χ0) is 13.7. The standard InChI is InChI=1S/C14H19NO3S/c16-14-8-4-7-13(14)11-15-19(17,18)10-9-12-5-2-1-3-6-12/h1-3,5-6,9-10,13-16H,4,7-8,11H2. The molecule has 1 fully saturated rings. The fourth-order valence-corrected chi connectivity index (χ4v) is 3.14. The Balaban J connectivity index is 1.90. The van der Waals surface area contributed by atoms with Gasteiger partial charge in [-0.2, -0.15) is 0 Å². The van der Waals surface area contributed by atoms with E-state index in [1.807, 2.05) is 30.3 Å². The first-order valence-corrected chi connectivity index (χ1v) is 8.02. The molecule has 2 N–H and O–H groups in total. The highest BCUT2D eigenvalue weighted by atomic mass is 32.2. The van der Waals surface area contributed by atoms with Crippen molar-refractivity contribution in [3.8, 4) is 0 Å². The number of benzene rings is 1. The predicted molar refractivity (Wildman–Crippen MR) is 75.7 cm³/mol. The van der Waals surface area contributed by atoms with E-state index in [0.29, 0.717) is 6.54 Å². The van der Waals surface area contributed by atoms with Crippen LogP contribution in [0.3, 0.4) is 0 Å². The zero-order valence-electron chi connectivity index (χ0n) is 10.7. The van der Waals surface area contributed by atoms with Crippen molar-refractivity contribution >= 4 is 16.1 Å². The first kappa shape index (κ1) is 14.2. The highest BCUT2D eigenvalue weighted by Crippen LogP contribution is 2.24. The molecule has 4 nitrogen and oxygen atoms in total. The van der Waals surface area contributed by atoms with Gasteiger partial charge in [0, 0.05) is 12.0 Å². The molecule has 1 aromatic carbocycles. The number of rotatable bonds is 5. The van der Waals surface area contributed by atoms with E-state index in [1.54, 1.807) is 6.08 Å². The van der Waals surface area contributed by atoms with Gasteiger partial charge in [-0.05, 0) is 30.4 Å². The van der Waals surface area contributed by atoms with E-state index in [-0.39, 0.29) is 12.0 Å². The smallest absolute Gasteiger partial charge is 0.233 e. The SMILES string of the molecule is O=S(=O)(C=Cc1ccccc1)NCC1CCCC1O. The Labute approximate surface area is 114 Å². The quantitative estimate of drug-likeness (QED) is 0.864. The van der Waals surface area contributed by atoms with E-state index >= 15 is 0 Å². The Morgan fingerprint density at radius 2 is 2.00 bits per heavy atom. The average Bonchev–Trinajstić information content (AvgIpc) is 2.81. The van der Waals surface area contributed by atoms with E-state index in [4.69, 9.17) is 0 Å². The number of nitrogens with one attached hydrogen (secondary N) is 1. The summed E-state index contributed by atoms with van der Waals surface area (Å²) in [6.07, 6.45) is 3.81. The van der Waals surface area contributed by atoms with Crippen molar-refractivity contribution in [3.63, 3.8) is 0 Å². The van der Waals surface area contributed by atoms with Gasteiger partial charge in [-0.1, -0.05) is 36.8 Å². The summed E-state index contributed by atoms with van der Waals surface area (Å²) in [5.74, 6) is 0.0416. The van der Waals surface area contributed by atoms with Crippen LogP contribution in [0.4, 0.5) is 0 Å². The fraction of sp³-hybridized carbons (Fsp3) is 0.429. The van der Waals surface area contributed by atoms with Crippen LogP contribution >= 0.6 is 0 Å². The third-order valence-electron chi connectivity index (χ3n) is 3.40. The van der Waals surface area contributed by atoms with E-state index < -0.39 is 10.0 Å². The van der Waals surface area contributed by atoms with Gasteiger partial charge in [0.15, 0.2) is 0 Å². The van der Waals surface area contributed by atoms with Gasteiger partial charge in [-0.25, -0.2) is 13.1 Å². The number of hydrogen-bond acceptors (Lipinski definition) is 3. The van der Waals surface area contributed by atoms with Crippen LogP contribution in [0.15, 0.2) is 35.7 Å². The Kier molecular flexibility index (Phi) is 4.74. The summed E-state index contributed by atoms with van der Waals surface area (Å²) in [7, 11) is -3.43. The lowest BCUT2D eigenvalue weighted by Gasteiger charge is -2.13. The first-order valence-electron chi connectivity index (χ1n) is 6.48. The number of sulfonamides is 1. The normalized spacial score (nSPS) is 24.1. The summed E-state index contributed by atoms with van der Waals surface area (Å²) in [6.45, 7) is 0.308. The van der Waals surface area contributed by atoms with Crippen LogP contribution in [0.1, 0.15) is 24.8 Å². The van der Waals surface area contributed by atoms with Gasteiger partial charge >= 0.3 is 0 Å². The van der Waals surface area contributed by atoms with Crippen LogP contribution in [0.5, 0.6) is 0 Å². The molecule has 1 saturated carbocycles. The molecule has 0 amide bonds. The van der Waals surface area contributed by atoms with E-state index in [0.717, 1.165) is 24.8 Å². The highest BCUT2D eigenvalue weighted by molar-refractivity contribution is 7.92. The molecule has 0 spiro atoms. The van der Waals surface area contributed by atoms with Gasteiger partial charge in [-0.3, -0.25) is 0 Å². The molecule has 0 aliphatic heterocycles. The van der Waals surface area contributed by atoms with Gasteiger partial charge in [-0.15, -0.1) is 0 Å². The largest absolute Gasteiger partial charge is 0.393 e. The van der Waals surface area contributed by atoms with Gasteiger partial charge in [0.25, 0.3) is 0 Å². The lowest BCUT2D eigenvalue weighted by atomic mass is 10.1. The van der Waals surface area contributed by atoms with Crippen molar-refractivity contribution in [2.75, 3.05) is 6.54 Å². The number of aliphatic hydroxyl groups excluding tert-OH is 1. The van der Waals surface area contributed by atoms with Crippen LogP contribution in [0.25, 0.3) is 6.08 Å². The maximum atomic E-state index is 11.8. The molecule has 2 rings (SSSR count). The first-order chi connectivity index (χ1) is 9.07. The zero-order valence-corrected chi connectivity index (χ0v) is 11.5. The molecule has 1 aliphatic rings. The van der Waals surface area contributed by atoms with E-state index in [1.165, 1.54) is 5.41 Å². The molecule has 0 radical (unpaired) electrons. The van der Waals surface area contributed by atoms with Crippen molar-refractivity contribution in [1.82, 2.24) is 4.72 Å². The van der Waals surface area contributed by atoms with Crippen LogP contribution < -0.4 is 4.72 Å². The third-order valence-corrected chi connectivity index (χ3v) is 4.47. The molecule has 1 aromatic rings. The molecule has 19 heavy (non-hydrogen) atoms. The van der Waals surface area contributed by atoms with E-state index in [9.17, 15) is 13.5 Å². The van der Waals surface area contributed by atoms with Crippen LogP contribution in [-0.2, 0) is 10.0 Å². The second-order valence-corrected chi connectivity index (χ2v) is 6.52. The summed E-state index contributed by atoms with van der Waals surface area (Å²) in [5, 5.41) is 10.8. The van der Waals surface area contributed by atoms with Crippen LogP contribution in [0.2, 0.25) is 0 Å². The third kappa shape index (κ3) is 4.45. The molecule has 2 unspecified atom stereocenters. The Bertz CT molecular complexity index is 525.